The zero-order valence-corrected chi connectivity index (χ0v) is 20.4. The summed E-state index contributed by atoms with van der Waals surface area (Å²) in [5.41, 5.74) is 8.66. The standard InChI is InChI=1S/C27H30N4O6/c28-17(14-29-18-4-6-19(7-5-18)37-20-10-12-35-13-11-20)16-36-24-3-1-2-21-22(24)15-31(27(21)34)23-8-9-25(32)30-26(23)33/h1-7,14,20,23,29H,8-13,15-16,28H2,(H,30,32,33)/b17-14-. The molecule has 5 rings (SSSR count). The van der Waals surface area contributed by atoms with E-state index < -0.39 is 11.9 Å². The summed E-state index contributed by atoms with van der Waals surface area (Å²) in [5, 5.41) is 5.46. The number of fused-ring (bicyclic) bond motifs is 1. The van der Waals surface area contributed by atoms with Crippen LogP contribution in [-0.4, -0.2) is 54.6 Å². The van der Waals surface area contributed by atoms with E-state index in [0.29, 0.717) is 29.0 Å². The first kappa shape index (κ1) is 24.6. The summed E-state index contributed by atoms with van der Waals surface area (Å²) < 4.78 is 17.3. The summed E-state index contributed by atoms with van der Waals surface area (Å²) in [6, 6.07) is 12.2. The van der Waals surface area contributed by atoms with Crippen LogP contribution in [0.15, 0.2) is 54.4 Å². The molecule has 3 heterocycles. The van der Waals surface area contributed by atoms with Crippen LogP contribution in [0.25, 0.3) is 0 Å². The molecule has 0 aliphatic carbocycles. The third-order valence-electron chi connectivity index (χ3n) is 6.68. The molecule has 0 bridgehead atoms. The lowest BCUT2D eigenvalue weighted by Gasteiger charge is -2.29. The molecule has 0 aromatic heterocycles. The molecule has 2 aromatic carbocycles. The van der Waals surface area contributed by atoms with E-state index in [1.807, 2.05) is 24.3 Å². The number of hydrogen-bond acceptors (Lipinski definition) is 8. The number of carbonyl (C=O) groups excluding carboxylic acids is 3. The molecule has 3 aliphatic heterocycles. The SMILES string of the molecule is N/C(=C\Nc1ccc(OC2CCOCC2)cc1)COc1cccc2c1CN(C1CCC(=O)NC1=O)C2=O. The lowest BCUT2D eigenvalue weighted by Crippen LogP contribution is -2.52. The zero-order chi connectivity index (χ0) is 25.8. The van der Waals surface area contributed by atoms with E-state index in [4.69, 9.17) is 19.9 Å². The highest BCUT2D eigenvalue weighted by Gasteiger charge is 2.40. The van der Waals surface area contributed by atoms with Crippen molar-refractivity contribution in [3.8, 4) is 11.5 Å². The van der Waals surface area contributed by atoms with Gasteiger partial charge in [-0.15, -0.1) is 0 Å². The predicted molar refractivity (Wildman–Crippen MR) is 135 cm³/mol. The molecular weight excluding hydrogens is 476 g/mol. The molecule has 10 heteroatoms. The Labute approximate surface area is 214 Å². The summed E-state index contributed by atoms with van der Waals surface area (Å²) in [4.78, 5) is 38.2. The van der Waals surface area contributed by atoms with E-state index in [9.17, 15) is 14.4 Å². The molecule has 1 atom stereocenters. The smallest absolute Gasteiger partial charge is 0.255 e. The third kappa shape index (κ3) is 5.69. The first-order valence-electron chi connectivity index (χ1n) is 12.4. The molecule has 194 valence electrons. The zero-order valence-electron chi connectivity index (χ0n) is 20.4. The Balaban J connectivity index is 1.16. The minimum Gasteiger partial charge on any atom is -0.490 e. The van der Waals surface area contributed by atoms with Gasteiger partial charge in [0.15, 0.2) is 0 Å². The van der Waals surface area contributed by atoms with Crippen molar-refractivity contribution in [2.75, 3.05) is 25.1 Å². The van der Waals surface area contributed by atoms with Gasteiger partial charge in [0, 0.05) is 42.3 Å². The Kier molecular flexibility index (Phi) is 7.27. The number of piperidine rings is 1. The number of nitrogens with zero attached hydrogens (tertiary/aromatic N) is 1. The van der Waals surface area contributed by atoms with Crippen molar-refractivity contribution in [1.29, 1.82) is 0 Å². The maximum atomic E-state index is 13.0. The molecule has 37 heavy (non-hydrogen) atoms. The van der Waals surface area contributed by atoms with Crippen molar-refractivity contribution in [1.82, 2.24) is 10.2 Å². The molecule has 2 saturated heterocycles. The molecule has 1 unspecified atom stereocenters. The highest BCUT2D eigenvalue weighted by molar-refractivity contribution is 6.05. The van der Waals surface area contributed by atoms with Crippen LogP contribution in [0.1, 0.15) is 41.6 Å². The van der Waals surface area contributed by atoms with E-state index in [2.05, 4.69) is 10.6 Å². The maximum Gasteiger partial charge on any atom is 0.255 e. The highest BCUT2D eigenvalue weighted by Crippen LogP contribution is 2.33. The minimum atomic E-state index is -0.673. The lowest BCUT2D eigenvalue weighted by molar-refractivity contribution is -0.136. The Morgan fingerprint density at radius 3 is 2.65 bits per heavy atom. The predicted octanol–water partition coefficient (Wildman–Crippen LogP) is 2.30. The molecule has 10 nitrogen and oxygen atoms in total. The molecule has 2 fully saturated rings. The highest BCUT2D eigenvalue weighted by atomic mass is 16.5. The molecule has 0 radical (unpaired) electrons. The Hall–Kier alpha value is -4.05. The van der Waals surface area contributed by atoms with Gasteiger partial charge < -0.3 is 30.2 Å². The van der Waals surface area contributed by atoms with Crippen LogP contribution >= 0.6 is 0 Å². The average molecular weight is 507 g/mol. The minimum absolute atomic E-state index is 0.112. The van der Waals surface area contributed by atoms with Crippen LogP contribution in [0, 0.1) is 0 Å². The lowest BCUT2D eigenvalue weighted by atomic mass is 10.0. The molecule has 4 N–H and O–H groups in total. The average Bonchev–Trinajstić information content (AvgIpc) is 3.24. The fraction of sp³-hybridized carbons (Fsp3) is 0.370. The summed E-state index contributed by atoms with van der Waals surface area (Å²) in [7, 11) is 0. The van der Waals surface area contributed by atoms with Crippen LogP contribution in [0.4, 0.5) is 5.69 Å². The number of anilines is 1. The normalized spacial score (nSPS) is 20.4. The molecule has 2 aromatic rings. The van der Waals surface area contributed by atoms with Gasteiger partial charge in [-0.3, -0.25) is 19.7 Å². The van der Waals surface area contributed by atoms with Crippen LogP contribution in [0.3, 0.4) is 0 Å². The van der Waals surface area contributed by atoms with E-state index >= 15 is 0 Å². The summed E-state index contributed by atoms with van der Waals surface area (Å²) >= 11 is 0. The number of rotatable bonds is 8. The fourth-order valence-electron chi connectivity index (χ4n) is 4.69. The number of imide groups is 1. The number of ether oxygens (including phenoxy) is 3. The number of hydrogen-bond donors (Lipinski definition) is 3. The van der Waals surface area contributed by atoms with Gasteiger partial charge in [0.05, 0.1) is 25.5 Å². The number of benzene rings is 2. The first-order chi connectivity index (χ1) is 18.0. The van der Waals surface area contributed by atoms with Crippen molar-refractivity contribution in [3.63, 3.8) is 0 Å². The van der Waals surface area contributed by atoms with Crippen molar-refractivity contribution in [2.24, 2.45) is 5.73 Å². The Bertz CT molecular complexity index is 1210. The Morgan fingerprint density at radius 1 is 1.11 bits per heavy atom. The van der Waals surface area contributed by atoms with Gasteiger partial charge in [-0.25, -0.2) is 0 Å². The topological polar surface area (TPSA) is 132 Å². The summed E-state index contributed by atoms with van der Waals surface area (Å²) in [6.45, 7) is 1.81. The van der Waals surface area contributed by atoms with Gasteiger partial charge in [-0.05, 0) is 42.8 Å². The quantitative estimate of drug-likeness (QED) is 0.465. The molecule has 3 aliphatic rings. The van der Waals surface area contributed by atoms with Crippen molar-refractivity contribution in [2.45, 2.75) is 44.4 Å². The van der Waals surface area contributed by atoms with E-state index in [-0.39, 0.29) is 37.5 Å². The second-order valence-electron chi connectivity index (χ2n) is 9.29. The first-order valence-corrected chi connectivity index (χ1v) is 12.4. The maximum absolute atomic E-state index is 13.0. The van der Waals surface area contributed by atoms with Gasteiger partial charge in [0.2, 0.25) is 11.8 Å². The van der Waals surface area contributed by atoms with Crippen molar-refractivity contribution >= 4 is 23.4 Å². The molecular formula is C27H30N4O6. The van der Waals surface area contributed by atoms with Crippen LogP contribution in [-0.2, 0) is 20.9 Å². The number of nitrogens with two attached hydrogens (primary N) is 1. The number of carbonyl (C=O) groups is 3. The molecule has 3 amide bonds. The van der Waals surface area contributed by atoms with Gasteiger partial charge in [-0.2, -0.15) is 0 Å². The number of amides is 3. The monoisotopic (exact) mass is 506 g/mol. The van der Waals surface area contributed by atoms with Gasteiger partial charge >= 0.3 is 0 Å². The largest absolute Gasteiger partial charge is 0.490 e. The number of nitrogens with one attached hydrogen (secondary N) is 2. The van der Waals surface area contributed by atoms with E-state index in [0.717, 1.165) is 37.5 Å². The summed E-state index contributed by atoms with van der Waals surface area (Å²) in [5.74, 6) is 0.346. The van der Waals surface area contributed by atoms with E-state index in [1.54, 1.807) is 24.4 Å². The summed E-state index contributed by atoms with van der Waals surface area (Å²) in [6.07, 6.45) is 4.16. The van der Waals surface area contributed by atoms with Crippen LogP contribution in [0.2, 0.25) is 0 Å². The van der Waals surface area contributed by atoms with Crippen molar-refractivity contribution in [3.05, 3.63) is 65.5 Å². The van der Waals surface area contributed by atoms with Crippen LogP contribution < -0.4 is 25.8 Å². The van der Waals surface area contributed by atoms with Gasteiger partial charge in [-0.1, -0.05) is 6.07 Å². The van der Waals surface area contributed by atoms with Crippen molar-refractivity contribution < 1.29 is 28.6 Å². The second-order valence-corrected chi connectivity index (χ2v) is 9.29. The van der Waals surface area contributed by atoms with E-state index in [1.165, 1.54) is 4.90 Å². The fourth-order valence-corrected chi connectivity index (χ4v) is 4.69. The molecule has 0 saturated carbocycles. The Morgan fingerprint density at radius 2 is 1.89 bits per heavy atom. The third-order valence-corrected chi connectivity index (χ3v) is 6.68. The van der Waals surface area contributed by atoms with Crippen LogP contribution in [0.5, 0.6) is 11.5 Å². The van der Waals surface area contributed by atoms with Gasteiger partial charge in [0.25, 0.3) is 5.91 Å². The second kappa shape index (κ2) is 10.9. The van der Waals surface area contributed by atoms with Gasteiger partial charge in [0.1, 0.15) is 30.3 Å². The molecule has 0 spiro atoms.